The van der Waals surface area contributed by atoms with E-state index < -0.39 is 17.4 Å². The van der Waals surface area contributed by atoms with Gasteiger partial charge in [-0.25, -0.2) is 0 Å². The van der Waals surface area contributed by atoms with Crippen LogP contribution < -0.4 is 10.6 Å². The smallest absolute Gasteiger partial charge is 0.309 e. The average molecular weight is 332 g/mol. The molecule has 3 N–H and O–H groups in total. The standard InChI is InChI=1S/C17H20N2O3S/c1-17(22,14-8-5-11-23-14)12-19-16(21)15(20)18-10-9-13-6-3-2-4-7-13/h2-8,11,22H,9-10,12H2,1H3,(H,18,20)(H,19,21)/t17-/m1/s1. The molecule has 2 aromatic rings. The molecule has 1 heterocycles. The van der Waals surface area contributed by atoms with Crippen LogP contribution in [0.4, 0.5) is 0 Å². The minimum Gasteiger partial charge on any atom is -0.383 e. The van der Waals surface area contributed by atoms with E-state index in [1.807, 2.05) is 41.8 Å². The molecule has 0 saturated carbocycles. The van der Waals surface area contributed by atoms with E-state index in [0.29, 0.717) is 13.0 Å². The van der Waals surface area contributed by atoms with Crippen LogP contribution in [0.15, 0.2) is 47.8 Å². The lowest BCUT2D eigenvalue weighted by Crippen LogP contribution is -2.45. The predicted octanol–water partition coefficient (Wildman–Crippen LogP) is 1.43. The molecule has 2 rings (SSSR count). The van der Waals surface area contributed by atoms with E-state index in [1.54, 1.807) is 13.0 Å². The molecule has 6 heteroatoms. The van der Waals surface area contributed by atoms with Crippen molar-refractivity contribution in [2.45, 2.75) is 18.9 Å². The number of aliphatic hydroxyl groups is 1. The SMILES string of the molecule is C[C@@](O)(CNC(=O)C(=O)NCCc1ccccc1)c1cccs1. The first-order chi connectivity index (χ1) is 11.0. The Morgan fingerprint density at radius 2 is 1.78 bits per heavy atom. The number of hydrogen-bond donors (Lipinski definition) is 3. The van der Waals surface area contributed by atoms with Gasteiger partial charge in [0.15, 0.2) is 0 Å². The number of carbonyl (C=O) groups excluding carboxylic acids is 2. The Labute approximate surface area is 139 Å². The van der Waals surface area contributed by atoms with Crippen molar-refractivity contribution >= 4 is 23.2 Å². The zero-order chi connectivity index (χ0) is 16.7. The summed E-state index contributed by atoms with van der Waals surface area (Å²) in [5.74, 6) is -1.43. The maximum Gasteiger partial charge on any atom is 0.309 e. The average Bonchev–Trinajstić information content (AvgIpc) is 3.09. The summed E-state index contributed by atoms with van der Waals surface area (Å²) >= 11 is 1.40. The van der Waals surface area contributed by atoms with Gasteiger partial charge in [0.1, 0.15) is 5.60 Å². The minimum absolute atomic E-state index is 0.0154. The van der Waals surface area contributed by atoms with E-state index in [4.69, 9.17) is 0 Å². The third-order valence-electron chi connectivity index (χ3n) is 3.39. The molecule has 0 bridgehead atoms. The van der Waals surface area contributed by atoms with Crippen LogP contribution in [-0.4, -0.2) is 30.0 Å². The summed E-state index contributed by atoms with van der Waals surface area (Å²) in [7, 11) is 0. The van der Waals surface area contributed by atoms with Gasteiger partial charge in [-0.05, 0) is 30.4 Å². The lowest BCUT2D eigenvalue weighted by molar-refractivity contribution is -0.139. The largest absolute Gasteiger partial charge is 0.383 e. The van der Waals surface area contributed by atoms with Crippen molar-refractivity contribution in [1.82, 2.24) is 10.6 Å². The summed E-state index contributed by atoms with van der Waals surface area (Å²) in [4.78, 5) is 24.2. The third kappa shape index (κ3) is 5.19. The highest BCUT2D eigenvalue weighted by Crippen LogP contribution is 2.24. The Kier molecular flexibility index (Phi) is 5.90. The second-order valence-corrected chi connectivity index (χ2v) is 6.37. The Hall–Kier alpha value is -2.18. The number of nitrogens with one attached hydrogen (secondary N) is 2. The van der Waals surface area contributed by atoms with Crippen molar-refractivity contribution in [1.29, 1.82) is 0 Å². The molecule has 0 fully saturated rings. The van der Waals surface area contributed by atoms with Crippen LogP contribution in [0.2, 0.25) is 0 Å². The summed E-state index contributed by atoms with van der Waals surface area (Å²) in [6.45, 7) is 1.97. The highest BCUT2D eigenvalue weighted by molar-refractivity contribution is 7.10. The Morgan fingerprint density at radius 1 is 1.09 bits per heavy atom. The second-order valence-electron chi connectivity index (χ2n) is 5.43. The van der Waals surface area contributed by atoms with E-state index >= 15 is 0 Å². The van der Waals surface area contributed by atoms with Crippen LogP contribution in [0.5, 0.6) is 0 Å². The van der Waals surface area contributed by atoms with E-state index in [9.17, 15) is 14.7 Å². The molecule has 2 amide bonds. The summed E-state index contributed by atoms with van der Waals surface area (Å²) in [6, 6.07) is 13.3. The number of thiophene rings is 1. The highest BCUT2D eigenvalue weighted by Gasteiger charge is 2.26. The van der Waals surface area contributed by atoms with E-state index in [0.717, 1.165) is 10.4 Å². The number of amides is 2. The molecule has 1 aromatic heterocycles. The van der Waals surface area contributed by atoms with Gasteiger partial charge >= 0.3 is 11.8 Å². The van der Waals surface area contributed by atoms with Crippen LogP contribution in [0.3, 0.4) is 0 Å². The lowest BCUT2D eigenvalue weighted by atomic mass is 10.1. The summed E-state index contributed by atoms with van der Waals surface area (Å²) in [6.07, 6.45) is 0.659. The van der Waals surface area contributed by atoms with Crippen LogP contribution in [0.1, 0.15) is 17.4 Å². The molecule has 0 aliphatic carbocycles. The number of carbonyl (C=O) groups is 2. The summed E-state index contributed by atoms with van der Waals surface area (Å²) in [5.41, 5.74) is -0.0948. The first-order valence-corrected chi connectivity index (χ1v) is 8.23. The van der Waals surface area contributed by atoms with Gasteiger partial charge in [0.25, 0.3) is 0 Å². The molecule has 23 heavy (non-hydrogen) atoms. The Balaban J connectivity index is 1.74. The quantitative estimate of drug-likeness (QED) is 0.700. The maximum absolute atomic E-state index is 11.8. The molecule has 0 saturated heterocycles. The monoisotopic (exact) mass is 332 g/mol. The van der Waals surface area contributed by atoms with Gasteiger partial charge < -0.3 is 15.7 Å². The Morgan fingerprint density at radius 3 is 2.43 bits per heavy atom. The molecule has 5 nitrogen and oxygen atoms in total. The normalized spacial score (nSPS) is 13.1. The fourth-order valence-electron chi connectivity index (χ4n) is 2.05. The highest BCUT2D eigenvalue weighted by atomic mass is 32.1. The third-order valence-corrected chi connectivity index (χ3v) is 4.52. The van der Waals surface area contributed by atoms with Crippen LogP contribution in [0, 0.1) is 0 Å². The number of hydrogen-bond acceptors (Lipinski definition) is 4. The van der Waals surface area contributed by atoms with Crippen molar-refractivity contribution in [2.75, 3.05) is 13.1 Å². The lowest BCUT2D eigenvalue weighted by Gasteiger charge is -2.22. The van der Waals surface area contributed by atoms with Gasteiger partial charge in [0.2, 0.25) is 0 Å². The van der Waals surface area contributed by atoms with Crippen molar-refractivity contribution in [2.24, 2.45) is 0 Å². The van der Waals surface area contributed by atoms with Gasteiger partial charge in [0.05, 0.1) is 6.54 Å². The molecule has 0 radical (unpaired) electrons. The molecular formula is C17H20N2O3S. The van der Waals surface area contributed by atoms with Crippen LogP contribution >= 0.6 is 11.3 Å². The number of rotatable bonds is 6. The first-order valence-electron chi connectivity index (χ1n) is 7.35. The van der Waals surface area contributed by atoms with Crippen molar-refractivity contribution in [3.05, 3.63) is 58.3 Å². The van der Waals surface area contributed by atoms with Crippen molar-refractivity contribution in [3.8, 4) is 0 Å². The van der Waals surface area contributed by atoms with Crippen LogP contribution in [-0.2, 0) is 21.6 Å². The van der Waals surface area contributed by atoms with Crippen molar-refractivity contribution < 1.29 is 14.7 Å². The van der Waals surface area contributed by atoms with Gasteiger partial charge in [0, 0.05) is 11.4 Å². The van der Waals surface area contributed by atoms with E-state index in [-0.39, 0.29) is 6.54 Å². The van der Waals surface area contributed by atoms with E-state index in [1.165, 1.54) is 11.3 Å². The Bertz CT molecular complexity index is 639. The van der Waals surface area contributed by atoms with Gasteiger partial charge in [-0.2, -0.15) is 0 Å². The molecule has 122 valence electrons. The molecule has 0 aliphatic rings. The fraction of sp³-hybridized carbons (Fsp3) is 0.294. The zero-order valence-electron chi connectivity index (χ0n) is 12.9. The molecule has 0 unspecified atom stereocenters. The van der Waals surface area contributed by atoms with Crippen molar-refractivity contribution in [3.63, 3.8) is 0 Å². The van der Waals surface area contributed by atoms with Gasteiger partial charge in [-0.15, -0.1) is 11.3 Å². The topological polar surface area (TPSA) is 78.4 Å². The summed E-state index contributed by atoms with van der Waals surface area (Å²) in [5, 5.41) is 17.2. The second kappa shape index (κ2) is 7.89. The fourth-order valence-corrected chi connectivity index (χ4v) is 2.84. The minimum atomic E-state index is -1.19. The molecule has 1 atom stereocenters. The molecule has 1 aromatic carbocycles. The first kappa shape index (κ1) is 17.2. The van der Waals surface area contributed by atoms with Gasteiger partial charge in [-0.3, -0.25) is 9.59 Å². The van der Waals surface area contributed by atoms with Crippen LogP contribution in [0.25, 0.3) is 0 Å². The maximum atomic E-state index is 11.8. The summed E-state index contributed by atoms with van der Waals surface area (Å²) < 4.78 is 0. The molecule has 0 spiro atoms. The molecule has 0 aliphatic heterocycles. The molecular weight excluding hydrogens is 312 g/mol. The zero-order valence-corrected chi connectivity index (χ0v) is 13.7. The van der Waals surface area contributed by atoms with E-state index in [2.05, 4.69) is 10.6 Å². The predicted molar refractivity (Wildman–Crippen MR) is 90.1 cm³/mol. The number of benzene rings is 1. The van der Waals surface area contributed by atoms with Gasteiger partial charge in [-0.1, -0.05) is 36.4 Å².